The maximum atomic E-state index is 12.4. The molecule has 0 bridgehead atoms. The normalized spacial score (nSPS) is 10.3. The fourth-order valence-corrected chi connectivity index (χ4v) is 2.61. The van der Waals surface area contributed by atoms with Crippen LogP contribution in [0.25, 0.3) is 5.69 Å². The number of anilines is 1. The highest BCUT2D eigenvalue weighted by Crippen LogP contribution is 2.20. The van der Waals surface area contributed by atoms with Crippen molar-refractivity contribution in [3.05, 3.63) is 68.6 Å². The van der Waals surface area contributed by atoms with Crippen LogP contribution in [-0.4, -0.2) is 25.7 Å². The van der Waals surface area contributed by atoms with E-state index in [1.165, 1.54) is 18.2 Å². The SMILES string of the molecule is N#Cc1ccc(NC(=O)Cn2nnn(-c3ccccc3Cl)c2=O)cc1Cl. The molecular formula is C16H10Cl2N6O2. The Morgan fingerprint density at radius 2 is 1.92 bits per heavy atom. The Bertz CT molecular complexity index is 1080. The van der Waals surface area contributed by atoms with Crippen molar-refractivity contribution in [3.8, 4) is 11.8 Å². The minimum atomic E-state index is -0.605. The maximum Gasteiger partial charge on any atom is 0.369 e. The van der Waals surface area contributed by atoms with Crippen molar-refractivity contribution in [2.45, 2.75) is 6.54 Å². The minimum absolute atomic E-state index is 0.215. The maximum absolute atomic E-state index is 12.4. The molecule has 3 rings (SSSR count). The molecule has 0 saturated carbocycles. The third-order valence-corrected chi connectivity index (χ3v) is 4.02. The second-order valence-corrected chi connectivity index (χ2v) is 5.95. The second-order valence-electron chi connectivity index (χ2n) is 5.14. The van der Waals surface area contributed by atoms with Crippen LogP contribution < -0.4 is 11.0 Å². The predicted molar refractivity (Wildman–Crippen MR) is 95.4 cm³/mol. The van der Waals surface area contributed by atoms with E-state index in [2.05, 4.69) is 15.7 Å². The number of para-hydroxylation sites is 1. The smallest absolute Gasteiger partial charge is 0.324 e. The highest BCUT2D eigenvalue weighted by atomic mass is 35.5. The first kappa shape index (κ1) is 17.7. The van der Waals surface area contributed by atoms with Gasteiger partial charge in [-0.15, -0.1) is 0 Å². The Morgan fingerprint density at radius 3 is 2.62 bits per heavy atom. The molecule has 26 heavy (non-hydrogen) atoms. The van der Waals surface area contributed by atoms with Crippen molar-refractivity contribution in [1.82, 2.24) is 19.8 Å². The molecule has 0 spiro atoms. The van der Waals surface area contributed by atoms with E-state index >= 15 is 0 Å². The van der Waals surface area contributed by atoms with Gasteiger partial charge in [0.15, 0.2) is 0 Å². The molecule has 0 saturated heterocycles. The number of aromatic nitrogens is 4. The van der Waals surface area contributed by atoms with E-state index in [1.54, 1.807) is 24.3 Å². The fourth-order valence-electron chi connectivity index (χ4n) is 2.17. The van der Waals surface area contributed by atoms with Crippen molar-refractivity contribution >= 4 is 34.8 Å². The van der Waals surface area contributed by atoms with Gasteiger partial charge in [0.05, 0.1) is 21.3 Å². The van der Waals surface area contributed by atoms with Gasteiger partial charge in [0.2, 0.25) is 5.91 Å². The number of hydrogen-bond acceptors (Lipinski definition) is 5. The van der Waals surface area contributed by atoms with E-state index in [0.717, 1.165) is 9.36 Å². The average Bonchev–Trinajstić information content (AvgIpc) is 2.96. The standard InChI is InChI=1S/C16H10Cl2N6O2/c17-12-3-1-2-4-14(12)24-16(26)23(21-22-24)9-15(25)20-11-6-5-10(8-19)13(18)7-11/h1-7H,9H2,(H,20,25). The summed E-state index contributed by atoms with van der Waals surface area (Å²) >= 11 is 12.0. The van der Waals surface area contributed by atoms with E-state index in [0.29, 0.717) is 22.0 Å². The first-order chi connectivity index (χ1) is 12.5. The zero-order chi connectivity index (χ0) is 18.7. The van der Waals surface area contributed by atoms with Crippen molar-refractivity contribution in [2.75, 3.05) is 5.32 Å². The van der Waals surface area contributed by atoms with Crippen LogP contribution in [-0.2, 0) is 11.3 Å². The molecule has 1 N–H and O–H groups in total. The van der Waals surface area contributed by atoms with Gasteiger partial charge < -0.3 is 5.32 Å². The highest BCUT2D eigenvalue weighted by Gasteiger charge is 2.14. The topological polar surface area (TPSA) is 106 Å². The molecular weight excluding hydrogens is 379 g/mol. The number of carbonyl (C=O) groups is 1. The molecule has 0 fully saturated rings. The minimum Gasteiger partial charge on any atom is -0.324 e. The van der Waals surface area contributed by atoms with Crippen LogP contribution in [0.5, 0.6) is 0 Å². The number of amides is 1. The summed E-state index contributed by atoms with van der Waals surface area (Å²) < 4.78 is 1.91. The van der Waals surface area contributed by atoms with Crippen LogP contribution >= 0.6 is 23.2 Å². The predicted octanol–water partition coefficient (Wildman–Crippen LogP) is 2.25. The number of benzene rings is 2. The third-order valence-electron chi connectivity index (χ3n) is 3.39. The molecule has 3 aromatic rings. The highest BCUT2D eigenvalue weighted by molar-refractivity contribution is 6.32. The van der Waals surface area contributed by atoms with Gasteiger partial charge in [0.1, 0.15) is 12.6 Å². The summed E-state index contributed by atoms with van der Waals surface area (Å²) in [6, 6.07) is 13.0. The van der Waals surface area contributed by atoms with E-state index < -0.39 is 11.6 Å². The molecule has 1 amide bonds. The number of nitriles is 1. The lowest BCUT2D eigenvalue weighted by molar-refractivity contribution is -0.117. The molecule has 8 nitrogen and oxygen atoms in total. The fraction of sp³-hybridized carbons (Fsp3) is 0.0625. The first-order valence-corrected chi connectivity index (χ1v) is 8.02. The third kappa shape index (κ3) is 3.59. The molecule has 1 heterocycles. The van der Waals surface area contributed by atoms with Gasteiger partial charge in [-0.2, -0.15) is 14.6 Å². The molecule has 0 unspecified atom stereocenters. The largest absolute Gasteiger partial charge is 0.369 e. The lowest BCUT2D eigenvalue weighted by Crippen LogP contribution is -2.29. The molecule has 0 radical (unpaired) electrons. The van der Waals surface area contributed by atoms with Gasteiger partial charge in [0.25, 0.3) is 0 Å². The second kappa shape index (κ2) is 7.39. The van der Waals surface area contributed by atoms with Gasteiger partial charge in [0, 0.05) is 5.69 Å². The van der Waals surface area contributed by atoms with Gasteiger partial charge in [-0.05, 0) is 40.8 Å². The number of carbonyl (C=O) groups excluding carboxylic acids is 1. The van der Waals surface area contributed by atoms with E-state index in [-0.39, 0.29) is 11.6 Å². The molecule has 0 aliphatic heterocycles. The van der Waals surface area contributed by atoms with Gasteiger partial charge in [-0.25, -0.2) is 4.79 Å². The summed E-state index contributed by atoms with van der Waals surface area (Å²) in [5.74, 6) is -0.501. The lowest BCUT2D eigenvalue weighted by atomic mass is 10.2. The van der Waals surface area contributed by atoms with Gasteiger partial charge in [-0.3, -0.25) is 4.79 Å². The Kier molecular flexibility index (Phi) is 5.02. The number of nitrogens with one attached hydrogen (secondary N) is 1. The Labute approximate surface area is 157 Å². The van der Waals surface area contributed by atoms with Crippen LogP contribution in [0.3, 0.4) is 0 Å². The molecule has 0 aliphatic carbocycles. The first-order valence-electron chi connectivity index (χ1n) is 7.27. The number of nitrogens with zero attached hydrogens (tertiary/aromatic N) is 5. The Hall–Kier alpha value is -3.15. The monoisotopic (exact) mass is 388 g/mol. The van der Waals surface area contributed by atoms with Crippen LogP contribution in [0.4, 0.5) is 5.69 Å². The van der Waals surface area contributed by atoms with Gasteiger partial charge in [-0.1, -0.05) is 35.3 Å². The summed E-state index contributed by atoms with van der Waals surface area (Å²) in [5, 5.41) is 19.4. The molecule has 0 aliphatic rings. The van der Waals surface area contributed by atoms with Gasteiger partial charge >= 0.3 is 5.69 Å². The van der Waals surface area contributed by atoms with E-state index in [9.17, 15) is 9.59 Å². The summed E-state index contributed by atoms with van der Waals surface area (Å²) in [6.45, 7) is -0.346. The Balaban J connectivity index is 1.77. The summed E-state index contributed by atoms with van der Waals surface area (Å²) in [7, 11) is 0. The van der Waals surface area contributed by atoms with E-state index in [4.69, 9.17) is 28.5 Å². The van der Waals surface area contributed by atoms with Crippen LogP contribution in [0.15, 0.2) is 47.3 Å². The van der Waals surface area contributed by atoms with Crippen molar-refractivity contribution < 1.29 is 4.79 Å². The zero-order valence-electron chi connectivity index (χ0n) is 13.1. The van der Waals surface area contributed by atoms with Crippen molar-refractivity contribution in [1.29, 1.82) is 5.26 Å². The van der Waals surface area contributed by atoms with Crippen LogP contribution in [0.1, 0.15) is 5.56 Å². The summed E-state index contributed by atoms with van der Waals surface area (Å²) in [6.07, 6.45) is 0. The number of tetrazole rings is 1. The number of hydrogen-bond donors (Lipinski definition) is 1. The Morgan fingerprint density at radius 1 is 1.15 bits per heavy atom. The lowest BCUT2D eigenvalue weighted by Gasteiger charge is -2.05. The van der Waals surface area contributed by atoms with E-state index in [1.807, 2.05) is 6.07 Å². The molecule has 1 aromatic heterocycles. The number of rotatable bonds is 4. The molecule has 0 atom stereocenters. The zero-order valence-corrected chi connectivity index (χ0v) is 14.6. The average molecular weight is 389 g/mol. The molecule has 2 aromatic carbocycles. The van der Waals surface area contributed by atoms with Crippen LogP contribution in [0.2, 0.25) is 10.0 Å². The summed E-state index contributed by atoms with van der Waals surface area (Å²) in [5.41, 5.74) is 0.449. The number of halogens is 2. The van der Waals surface area contributed by atoms with Crippen LogP contribution in [0, 0.1) is 11.3 Å². The summed E-state index contributed by atoms with van der Waals surface area (Å²) in [4.78, 5) is 24.5. The van der Waals surface area contributed by atoms with Crippen molar-refractivity contribution in [3.63, 3.8) is 0 Å². The molecule has 130 valence electrons. The molecule has 10 heteroatoms. The quantitative estimate of drug-likeness (QED) is 0.737. The van der Waals surface area contributed by atoms with Crippen molar-refractivity contribution in [2.24, 2.45) is 0 Å².